The molecule has 4 rings (SSSR count). The summed E-state index contributed by atoms with van der Waals surface area (Å²) in [6.07, 6.45) is 0.312. The topological polar surface area (TPSA) is 13.1 Å². The monoisotopic (exact) mass is 328 g/mol. The molecule has 0 fully saturated rings. The molecule has 0 saturated carbocycles. The van der Waals surface area contributed by atoms with E-state index in [1.54, 1.807) is 6.07 Å². The van der Waals surface area contributed by atoms with Gasteiger partial charge in [-0.1, -0.05) is 17.7 Å². The number of hydrogen-bond acceptors (Lipinski definition) is 1. The molecule has 1 aromatic heterocycles. The van der Waals surface area contributed by atoms with E-state index in [-0.39, 0.29) is 0 Å². The summed E-state index contributed by atoms with van der Waals surface area (Å²) in [6, 6.07) is 14.6. The number of hydrogen-bond donors (Lipinski definition) is 0. The molecule has 3 aromatic carbocycles. The van der Waals surface area contributed by atoms with Gasteiger partial charge in [0.1, 0.15) is 22.8 Å². The van der Waals surface area contributed by atoms with Crippen molar-refractivity contribution in [3.05, 3.63) is 82.4 Å². The number of halogens is 3. The lowest BCUT2D eigenvalue weighted by molar-refractivity contribution is 0.588. The normalized spacial score (nSPS) is 11.4. The molecule has 0 unspecified atom stereocenters. The SMILES string of the molecule is Fc1ccc(F)c(Cc2ccc3oc4ccc(Cl)cc4c3c2)c1. The Hall–Kier alpha value is -2.39. The van der Waals surface area contributed by atoms with Gasteiger partial charge < -0.3 is 4.42 Å². The minimum absolute atomic E-state index is 0.312. The third-order valence-corrected chi connectivity index (χ3v) is 4.13. The fraction of sp³-hybridized carbons (Fsp3) is 0.0526. The van der Waals surface area contributed by atoms with Crippen LogP contribution < -0.4 is 0 Å². The summed E-state index contributed by atoms with van der Waals surface area (Å²) in [7, 11) is 0. The van der Waals surface area contributed by atoms with E-state index in [0.29, 0.717) is 17.0 Å². The summed E-state index contributed by atoms with van der Waals surface area (Å²) in [6.45, 7) is 0. The van der Waals surface area contributed by atoms with E-state index >= 15 is 0 Å². The summed E-state index contributed by atoms with van der Waals surface area (Å²) in [5, 5.41) is 2.45. The minimum Gasteiger partial charge on any atom is -0.456 e. The predicted octanol–water partition coefficient (Wildman–Crippen LogP) is 6.11. The molecular weight excluding hydrogens is 318 g/mol. The molecule has 0 aliphatic heterocycles. The molecule has 0 bridgehead atoms. The van der Waals surface area contributed by atoms with E-state index in [1.807, 2.05) is 30.3 Å². The Kier molecular flexibility index (Phi) is 3.31. The standard InChI is InChI=1S/C19H11ClF2O/c20-13-2-6-19-16(10-13)15-8-11(1-5-18(15)23-19)7-12-9-14(21)3-4-17(12)22/h1-6,8-10H,7H2. The maximum atomic E-state index is 13.8. The zero-order valence-corrected chi connectivity index (χ0v) is 12.7. The Morgan fingerprint density at radius 3 is 2.39 bits per heavy atom. The van der Waals surface area contributed by atoms with Gasteiger partial charge in [0.25, 0.3) is 0 Å². The number of rotatable bonds is 2. The molecule has 0 radical (unpaired) electrons. The highest BCUT2D eigenvalue weighted by molar-refractivity contribution is 6.31. The second-order valence-electron chi connectivity index (χ2n) is 5.49. The second kappa shape index (κ2) is 5.36. The zero-order valence-electron chi connectivity index (χ0n) is 11.9. The van der Waals surface area contributed by atoms with Crippen molar-refractivity contribution in [2.75, 3.05) is 0 Å². The Balaban J connectivity index is 1.83. The maximum absolute atomic E-state index is 13.8. The fourth-order valence-electron chi connectivity index (χ4n) is 2.81. The molecule has 0 atom stereocenters. The first-order valence-corrected chi connectivity index (χ1v) is 7.52. The first kappa shape index (κ1) is 14.2. The third-order valence-electron chi connectivity index (χ3n) is 3.90. The van der Waals surface area contributed by atoms with Crippen LogP contribution in [0.3, 0.4) is 0 Å². The first-order valence-electron chi connectivity index (χ1n) is 7.15. The van der Waals surface area contributed by atoms with E-state index in [2.05, 4.69) is 0 Å². The van der Waals surface area contributed by atoms with Gasteiger partial charge in [-0.25, -0.2) is 8.78 Å². The molecule has 0 aliphatic rings. The van der Waals surface area contributed by atoms with Crippen LogP contribution in [0, 0.1) is 11.6 Å². The average molecular weight is 329 g/mol. The Bertz CT molecular complexity index is 1040. The van der Waals surface area contributed by atoms with Crippen molar-refractivity contribution in [3.8, 4) is 0 Å². The van der Waals surface area contributed by atoms with Crippen LogP contribution in [0.2, 0.25) is 5.02 Å². The van der Waals surface area contributed by atoms with E-state index < -0.39 is 11.6 Å². The van der Waals surface area contributed by atoms with Crippen molar-refractivity contribution < 1.29 is 13.2 Å². The number of fused-ring (bicyclic) bond motifs is 3. The summed E-state index contributed by atoms with van der Waals surface area (Å²) >= 11 is 6.05. The number of benzene rings is 3. The lowest BCUT2D eigenvalue weighted by atomic mass is 10.0. The van der Waals surface area contributed by atoms with Crippen LogP contribution in [0.5, 0.6) is 0 Å². The van der Waals surface area contributed by atoms with Gasteiger partial charge in [-0.05, 0) is 59.7 Å². The van der Waals surface area contributed by atoms with Crippen molar-refractivity contribution in [1.82, 2.24) is 0 Å². The average Bonchev–Trinajstić information content (AvgIpc) is 2.88. The van der Waals surface area contributed by atoms with Gasteiger partial charge in [0.2, 0.25) is 0 Å². The van der Waals surface area contributed by atoms with Crippen LogP contribution in [0.1, 0.15) is 11.1 Å². The molecule has 4 heteroatoms. The van der Waals surface area contributed by atoms with Crippen LogP contribution >= 0.6 is 11.6 Å². The largest absolute Gasteiger partial charge is 0.456 e. The quantitative estimate of drug-likeness (QED) is 0.433. The van der Waals surface area contributed by atoms with Crippen LogP contribution in [0.15, 0.2) is 59.0 Å². The summed E-state index contributed by atoms with van der Waals surface area (Å²) in [5.74, 6) is -0.852. The van der Waals surface area contributed by atoms with E-state index in [4.69, 9.17) is 16.0 Å². The highest BCUT2D eigenvalue weighted by atomic mass is 35.5. The van der Waals surface area contributed by atoms with Crippen molar-refractivity contribution in [2.45, 2.75) is 6.42 Å². The third kappa shape index (κ3) is 2.57. The molecule has 23 heavy (non-hydrogen) atoms. The van der Waals surface area contributed by atoms with Crippen molar-refractivity contribution in [3.63, 3.8) is 0 Å². The number of furan rings is 1. The fourth-order valence-corrected chi connectivity index (χ4v) is 2.98. The molecule has 0 aliphatic carbocycles. The van der Waals surface area contributed by atoms with Gasteiger partial charge in [-0.15, -0.1) is 0 Å². The summed E-state index contributed by atoms with van der Waals surface area (Å²) < 4.78 is 32.9. The lowest BCUT2D eigenvalue weighted by Gasteiger charge is -2.04. The zero-order chi connectivity index (χ0) is 16.0. The van der Waals surface area contributed by atoms with Crippen molar-refractivity contribution in [1.29, 1.82) is 0 Å². The Morgan fingerprint density at radius 1 is 0.826 bits per heavy atom. The summed E-state index contributed by atoms with van der Waals surface area (Å²) in [4.78, 5) is 0. The molecule has 0 amide bonds. The van der Waals surface area contributed by atoms with Gasteiger partial charge in [0.05, 0.1) is 0 Å². The van der Waals surface area contributed by atoms with Gasteiger partial charge >= 0.3 is 0 Å². The van der Waals surface area contributed by atoms with E-state index in [0.717, 1.165) is 39.6 Å². The van der Waals surface area contributed by atoms with Gasteiger partial charge in [0.15, 0.2) is 0 Å². The van der Waals surface area contributed by atoms with Crippen LogP contribution in [0.4, 0.5) is 8.78 Å². The van der Waals surface area contributed by atoms with E-state index in [1.165, 1.54) is 6.07 Å². The van der Waals surface area contributed by atoms with Gasteiger partial charge in [0, 0.05) is 22.2 Å². The second-order valence-corrected chi connectivity index (χ2v) is 5.92. The Morgan fingerprint density at radius 2 is 1.57 bits per heavy atom. The lowest BCUT2D eigenvalue weighted by Crippen LogP contribution is -1.93. The highest BCUT2D eigenvalue weighted by Gasteiger charge is 2.10. The molecule has 4 aromatic rings. The smallest absolute Gasteiger partial charge is 0.135 e. The van der Waals surface area contributed by atoms with Crippen molar-refractivity contribution >= 4 is 33.5 Å². The van der Waals surface area contributed by atoms with E-state index in [9.17, 15) is 8.78 Å². The molecule has 1 heterocycles. The Labute approximate surface area is 136 Å². The molecular formula is C19H11ClF2O. The van der Waals surface area contributed by atoms with Crippen LogP contribution in [0.25, 0.3) is 21.9 Å². The summed E-state index contributed by atoms with van der Waals surface area (Å²) in [5.41, 5.74) is 2.70. The molecule has 114 valence electrons. The highest BCUT2D eigenvalue weighted by Crippen LogP contribution is 2.31. The predicted molar refractivity (Wildman–Crippen MR) is 87.9 cm³/mol. The molecule has 0 saturated heterocycles. The molecule has 1 nitrogen and oxygen atoms in total. The van der Waals surface area contributed by atoms with Crippen molar-refractivity contribution in [2.24, 2.45) is 0 Å². The van der Waals surface area contributed by atoms with Crippen LogP contribution in [-0.4, -0.2) is 0 Å². The molecule has 0 N–H and O–H groups in total. The van der Waals surface area contributed by atoms with Gasteiger partial charge in [-0.2, -0.15) is 0 Å². The minimum atomic E-state index is -0.442. The van der Waals surface area contributed by atoms with Gasteiger partial charge in [-0.3, -0.25) is 0 Å². The molecule has 0 spiro atoms. The van der Waals surface area contributed by atoms with Crippen LogP contribution in [-0.2, 0) is 6.42 Å². The maximum Gasteiger partial charge on any atom is 0.135 e. The first-order chi connectivity index (χ1) is 11.1.